The van der Waals surface area contributed by atoms with Crippen molar-refractivity contribution in [2.45, 2.75) is 61.5 Å². The maximum absolute atomic E-state index is 13.3. The van der Waals surface area contributed by atoms with Crippen LogP contribution in [0.5, 0.6) is 5.75 Å². The molecular weight excluding hydrogens is 506 g/mol. The van der Waals surface area contributed by atoms with Gasteiger partial charge in [0, 0.05) is 10.9 Å². The smallest absolute Gasteiger partial charge is 0.344 e. The number of hydrogen-bond donors (Lipinski definition) is 1. The molecule has 0 bridgehead atoms. The molecule has 0 saturated carbocycles. The molecule has 6 nitrogen and oxygen atoms in total. The van der Waals surface area contributed by atoms with E-state index in [-0.39, 0.29) is 17.5 Å². The maximum Gasteiger partial charge on any atom is 0.344 e. The Morgan fingerprint density at radius 1 is 1.03 bits per heavy atom. The summed E-state index contributed by atoms with van der Waals surface area (Å²) in [5.41, 5.74) is 3.22. The molecule has 0 fully saturated rings. The molecule has 3 aromatic rings. The number of benzene rings is 3. The van der Waals surface area contributed by atoms with Gasteiger partial charge < -0.3 is 9.47 Å². The van der Waals surface area contributed by atoms with Gasteiger partial charge >= 0.3 is 5.97 Å². The van der Waals surface area contributed by atoms with Crippen molar-refractivity contribution < 1.29 is 22.7 Å². The van der Waals surface area contributed by atoms with Crippen LogP contribution in [0, 0.1) is 0 Å². The summed E-state index contributed by atoms with van der Waals surface area (Å²) >= 11 is 1.67. The largest absolute Gasteiger partial charge is 0.482 e. The fourth-order valence-electron chi connectivity index (χ4n) is 4.46. The highest BCUT2D eigenvalue weighted by atomic mass is 32.2. The van der Waals surface area contributed by atoms with Gasteiger partial charge in [-0.25, -0.2) is 17.9 Å². The number of esters is 1. The van der Waals surface area contributed by atoms with Crippen molar-refractivity contribution >= 4 is 27.8 Å². The van der Waals surface area contributed by atoms with Crippen LogP contribution in [0.2, 0.25) is 0 Å². The molecule has 1 aliphatic rings. The molecule has 0 saturated heterocycles. The van der Waals surface area contributed by atoms with Crippen LogP contribution in [0.3, 0.4) is 0 Å². The van der Waals surface area contributed by atoms with Gasteiger partial charge in [0.25, 0.3) is 0 Å². The molecule has 37 heavy (non-hydrogen) atoms. The lowest BCUT2D eigenvalue weighted by Gasteiger charge is -2.28. The van der Waals surface area contributed by atoms with E-state index in [0.29, 0.717) is 12.2 Å². The molecule has 8 heteroatoms. The van der Waals surface area contributed by atoms with Crippen LogP contribution in [0.1, 0.15) is 50.8 Å². The number of carbonyl (C=O) groups is 1. The molecule has 0 spiro atoms. The van der Waals surface area contributed by atoms with Crippen LogP contribution < -0.4 is 9.46 Å². The second kappa shape index (κ2) is 11.3. The summed E-state index contributed by atoms with van der Waals surface area (Å²) in [6.07, 6.45) is 4.26. The van der Waals surface area contributed by atoms with Crippen LogP contribution in [0.4, 0.5) is 0 Å². The fraction of sp³-hybridized carbons (Fsp3) is 0.345. The number of ether oxygens (including phenoxy) is 2. The number of sulfonamides is 1. The molecule has 0 aliphatic heterocycles. The average Bonchev–Trinajstić information content (AvgIpc) is 2.86. The quantitative estimate of drug-likeness (QED) is 0.273. The summed E-state index contributed by atoms with van der Waals surface area (Å²) in [6.45, 7) is 5.23. The highest BCUT2D eigenvalue weighted by Crippen LogP contribution is 2.36. The third-order valence-electron chi connectivity index (χ3n) is 6.09. The summed E-state index contributed by atoms with van der Waals surface area (Å²) in [5.74, 6) is 0.144. The second-order valence-electron chi connectivity index (χ2n) is 10.0. The minimum absolute atomic E-state index is 0.198. The predicted octanol–water partition coefficient (Wildman–Crippen LogP) is 6.15. The first-order valence-corrected chi connectivity index (χ1v) is 15.0. The van der Waals surface area contributed by atoms with Gasteiger partial charge in [0.1, 0.15) is 11.4 Å². The Labute approximate surface area is 223 Å². The molecule has 3 aromatic carbocycles. The number of nitrogens with one attached hydrogen (secondary N) is 1. The number of rotatable bonds is 8. The summed E-state index contributed by atoms with van der Waals surface area (Å²) < 4.78 is 40.6. The summed E-state index contributed by atoms with van der Waals surface area (Å²) in [7, 11) is -3.74. The van der Waals surface area contributed by atoms with Crippen LogP contribution in [0.15, 0.2) is 76.5 Å². The van der Waals surface area contributed by atoms with Gasteiger partial charge in [0.15, 0.2) is 6.61 Å². The number of thioether (sulfide) groups is 1. The number of fused-ring (bicyclic) bond motifs is 1. The molecule has 196 valence electrons. The number of carbonyl (C=O) groups excluding carboxylic acids is 1. The average molecular weight is 540 g/mol. The van der Waals surface area contributed by atoms with E-state index in [4.69, 9.17) is 9.47 Å². The van der Waals surface area contributed by atoms with Crippen LogP contribution >= 0.6 is 11.8 Å². The molecule has 0 heterocycles. The highest BCUT2D eigenvalue weighted by Gasteiger charge is 2.28. The first kappa shape index (κ1) is 27.2. The van der Waals surface area contributed by atoms with Crippen molar-refractivity contribution in [3.63, 3.8) is 0 Å². The van der Waals surface area contributed by atoms with E-state index in [1.807, 2.05) is 75.6 Å². The van der Waals surface area contributed by atoms with Crippen molar-refractivity contribution in [2.24, 2.45) is 0 Å². The lowest BCUT2D eigenvalue weighted by atomic mass is 9.87. The highest BCUT2D eigenvalue weighted by molar-refractivity contribution is 7.98. The molecule has 0 aromatic heterocycles. The third-order valence-corrected chi connectivity index (χ3v) is 8.31. The Morgan fingerprint density at radius 2 is 1.76 bits per heavy atom. The zero-order valence-corrected chi connectivity index (χ0v) is 23.2. The molecule has 0 amide bonds. The molecule has 1 atom stereocenters. The van der Waals surface area contributed by atoms with Gasteiger partial charge in [-0.2, -0.15) is 0 Å². The Balaban J connectivity index is 1.49. The minimum atomic E-state index is -3.74. The summed E-state index contributed by atoms with van der Waals surface area (Å²) in [6, 6.07) is 20.3. The van der Waals surface area contributed by atoms with Gasteiger partial charge in [-0.15, -0.1) is 11.8 Å². The summed E-state index contributed by atoms with van der Waals surface area (Å²) in [4.78, 5) is 13.5. The van der Waals surface area contributed by atoms with Crippen molar-refractivity contribution in [1.82, 2.24) is 4.72 Å². The normalized spacial score (nSPS) is 15.6. The van der Waals surface area contributed by atoms with Crippen LogP contribution in [-0.4, -0.2) is 32.9 Å². The maximum atomic E-state index is 13.3. The molecule has 1 aliphatic carbocycles. The standard InChI is InChI=1S/C29H33NO5S2/c1-29(2,3)35-28(31)19-34-27-13-7-10-24-25(27)11-6-12-26(24)30-37(32,33)23-16-14-20(15-17-23)21-8-5-9-22(18-21)36-4/h5,7-10,13-18,26,30H,6,11-12,19H2,1-4H3. The van der Waals surface area contributed by atoms with Crippen molar-refractivity contribution in [2.75, 3.05) is 12.9 Å². The van der Waals surface area contributed by atoms with Crippen molar-refractivity contribution in [3.8, 4) is 16.9 Å². The molecule has 1 unspecified atom stereocenters. The van der Waals surface area contributed by atoms with E-state index >= 15 is 0 Å². The Hall–Kier alpha value is -2.81. The first-order valence-electron chi connectivity index (χ1n) is 12.3. The van der Waals surface area contributed by atoms with Gasteiger partial charge in [0.05, 0.1) is 4.90 Å². The molecular formula is C29H33NO5S2. The van der Waals surface area contributed by atoms with Crippen molar-refractivity contribution in [3.05, 3.63) is 77.9 Å². The van der Waals surface area contributed by atoms with Gasteiger partial charge in [-0.1, -0.05) is 36.4 Å². The molecule has 0 radical (unpaired) electrons. The van der Waals surface area contributed by atoms with E-state index < -0.39 is 21.6 Å². The van der Waals surface area contributed by atoms with Gasteiger partial charge in [-0.05, 0) is 98.9 Å². The SMILES string of the molecule is CSc1cccc(-c2ccc(S(=O)(=O)NC3CCCc4c(OCC(=O)OC(C)(C)C)cccc43)cc2)c1. The Bertz CT molecular complexity index is 1360. The van der Waals surface area contributed by atoms with Crippen molar-refractivity contribution in [1.29, 1.82) is 0 Å². The predicted molar refractivity (Wildman–Crippen MR) is 147 cm³/mol. The zero-order chi connectivity index (χ0) is 26.6. The monoisotopic (exact) mass is 539 g/mol. The van der Waals surface area contributed by atoms with E-state index in [1.165, 1.54) is 0 Å². The molecule has 4 rings (SSSR count). The number of hydrogen-bond acceptors (Lipinski definition) is 6. The Kier molecular flexibility index (Phi) is 8.31. The lowest BCUT2D eigenvalue weighted by molar-refractivity contribution is -0.157. The van der Waals surface area contributed by atoms with Gasteiger partial charge in [-0.3, -0.25) is 0 Å². The zero-order valence-electron chi connectivity index (χ0n) is 21.6. The molecule has 1 N–H and O–H groups in total. The van der Waals surface area contributed by atoms with E-state index in [1.54, 1.807) is 23.9 Å². The van der Waals surface area contributed by atoms with Crippen LogP contribution in [-0.2, 0) is 26.0 Å². The second-order valence-corrected chi connectivity index (χ2v) is 12.6. The summed E-state index contributed by atoms with van der Waals surface area (Å²) in [5, 5.41) is 0. The van der Waals surface area contributed by atoms with Crippen LogP contribution in [0.25, 0.3) is 11.1 Å². The van der Waals surface area contributed by atoms with E-state index in [2.05, 4.69) is 10.8 Å². The fourth-order valence-corrected chi connectivity index (χ4v) is 6.17. The van der Waals surface area contributed by atoms with Gasteiger partial charge in [0.2, 0.25) is 10.0 Å². The van der Waals surface area contributed by atoms with E-state index in [0.717, 1.165) is 40.0 Å². The Morgan fingerprint density at radius 3 is 2.46 bits per heavy atom. The topological polar surface area (TPSA) is 81.7 Å². The lowest BCUT2D eigenvalue weighted by Crippen LogP contribution is -2.31. The van der Waals surface area contributed by atoms with E-state index in [9.17, 15) is 13.2 Å². The minimum Gasteiger partial charge on any atom is -0.482 e. The first-order chi connectivity index (χ1) is 17.6. The third kappa shape index (κ3) is 6.94.